The number of hydrogen-bond acceptors (Lipinski definition) is 17. The summed E-state index contributed by atoms with van der Waals surface area (Å²) in [5, 5.41) is 63.1. The van der Waals surface area contributed by atoms with Crippen LogP contribution in [0.3, 0.4) is 0 Å². The lowest BCUT2D eigenvalue weighted by Gasteiger charge is -2.48. The van der Waals surface area contributed by atoms with Crippen molar-refractivity contribution in [1.29, 1.82) is 0 Å². The van der Waals surface area contributed by atoms with Gasteiger partial charge in [-0.25, -0.2) is 0 Å². The lowest BCUT2D eigenvalue weighted by molar-refractivity contribution is -0.331. The Hall–Kier alpha value is -0.650. The van der Waals surface area contributed by atoms with Gasteiger partial charge in [0.15, 0.2) is 12.6 Å². The van der Waals surface area contributed by atoms with Crippen molar-refractivity contribution in [3.05, 3.63) is 0 Å². The smallest absolute Gasteiger partial charge is 0.267 e. The number of hydrogen-bond donors (Lipinski definition) is 10. The third-order valence-corrected chi connectivity index (χ3v) is 9.75. The van der Waals surface area contributed by atoms with E-state index in [0.29, 0.717) is 6.42 Å². The molecule has 0 spiro atoms. The summed E-state index contributed by atoms with van der Waals surface area (Å²) in [6.07, 6.45) is -12.3. The first-order chi connectivity index (χ1) is 20.7. The van der Waals surface area contributed by atoms with Crippen LogP contribution >= 0.6 is 0 Å². The fourth-order valence-electron chi connectivity index (χ4n) is 5.68. The van der Waals surface area contributed by atoms with Gasteiger partial charge in [-0.2, -0.15) is 8.42 Å². The first-order valence-corrected chi connectivity index (χ1v) is 16.8. The molecule has 15 atom stereocenters. The molecule has 0 radical (unpaired) electrons. The average molecular weight is 661 g/mol. The van der Waals surface area contributed by atoms with Crippen LogP contribution in [0.4, 0.5) is 0 Å². The zero-order valence-electron chi connectivity index (χ0n) is 25.0. The standard InChI is InChI=1S/C26H52N4O13S/c1-2-3-4-5-6-7-8-44(37,38)39-11-15-17(31)16(30)19(33)25(41-15)42-23-12(28)9-13(29)24(22(23)36)43-26-21(35)20(34)18(32)14(10-27)40-26/h12-26,31-36H,2-11,27-30H2,1H3/t12-,13+,14-,15-,16+,17-,18-,19-,20+,21-,22-,23+,24-,25?,26-/m1/s1. The fourth-order valence-corrected chi connectivity index (χ4v) is 6.69. The van der Waals surface area contributed by atoms with Gasteiger partial charge >= 0.3 is 0 Å². The summed E-state index contributed by atoms with van der Waals surface area (Å²) in [4.78, 5) is 0. The highest BCUT2D eigenvalue weighted by Gasteiger charge is 2.51. The van der Waals surface area contributed by atoms with E-state index in [0.717, 1.165) is 32.1 Å². The number of nitrogens with two attached hydrogens (primary N) is 4. The van der Waals surface area contributed by atoms with E-state index in [9.17, 15) is 39.1 Å². The zero-order chi connectivity index (χ0) is 32.8. The molecule has 2 saturated heterocycles. The first-order valence-electron chi connectivity index (χ1n) is 15.3. The van der Waals surface area contributed by atoms with Crippen LogP contribution in [0.1, 0.15) is 51.9 Å². The Labute approximate surface area is 257 Å². The highest BCUT2D eigenvalue weighted by atomic mass is 32.2. The van der Waals surface area contributed by atoms with Gasteiger partial charge in [-0.15, -0.1) is 0 Å². The van der Waals surface area contributed by atoms with Gasteiger partial charge in [0.25, 0.3) is 10.1 Å². The Balaban J connectivity index is 1.62. The summed E-state index contributed by atoms with van der Waals surface area (Å²) >= 11 is 0. The SMILES string of the molecule is CCCCCCCCS(=O)(=O)OC[C@H]1OC(O[C@@H]2[C@@H](O)[C@H](O[C@H]3O[C@H](CN)[C@@H](O)[C@H](O)[C@H]3O)[C@@H](N)C[C@H]2N)[C@H](O)[C@@H](N)[C@@H]1O. The molecule has 1 aliphatic carbocycles. The average Bonchev–Trinajstić information content (AvgIpc) is 2.98. The van der Waals surface area contributed by atoms with Gasteiger partial charge in [0, 0.05) is 18.6 Å². The van der Waals surface area contributed by atoms with E-state index in [4.69, 9.17) is 46.1 Å². The Bertz CT molecular complexity index is 968. The molecular formula is C26H52N4O13S. The van der Waals surface area contributed by atoms with Crippen molar-refractivity contribution in [3.63, 3.8) is 0 Å². The van der Waals surface area contributed by atoms with Crippen LogP contribution in [0.5, 0.6) is 0 Å². The van der Waals surface area contributed by atoms with E-state index in [1.807, 2.05) is 0 Å². The molecule has 18 heteroatoms. The molecule has 0 amide bonds. The number of aliphatic hydroxyl groups is 6. The highest BCUT2D eigenvalue weighted by molar-refractivity contribution is 7.86. The van der Waals surface area contributed by atoms with Gasteiger partial charge in [0.1, 0.15) is 61.0 Å². The monoisotopic (exact) mass is 660 g/mol. The maximum Gasteiger partial charge on any atom is 0.267 e. The minimum absolute atomic E-state index is 0.0292. The Kier molecular flexibility index (Phi) is 14.6. The summed E-state index contributed by atoms with van der Waals surface area (Å²) in [5.41, 5.74) is 24.0. The summed E-state index contributed by atoms with van der Waals surface area (Å²) in [6.45, 7) is 1.29. The maximum atomic E-state index is 12.4. The third-order valence-electron chi connectivity index (χ3n) is 8.46. The molecule has 17 nitrogen and oxygen atoms in total. The van der Waals surface area contributed by atoms with Gasteiger partial charge < -0.3 is 72.5 Å². The lowest BCUT2D eigenvalue weighted by Crippen LogP contribution is -2.68. The topological polar surface area (TPSA) is 306 Å². The van der Waals surface area contributed by atoms with Crippen LogP contribution < -0.4 is 22.9 Å². The highest BCUT2D eigenvalue weighted by Crippen LogP contribution is 2.31. The maximum absolute atomic E-state index is 12.4. The van der Waals surface area contributed by atoms with Crippen molar-refractivity contribution >= 4 is 10.1 Å². The molecule has 0 aromatic rings. The largest absolute Gasteiger partial charge is 0.389 e. The van der Waals surface area contributed by atoms with Gasteiger partial charge in [-0.05, 0) is 12.8 Å². The van der Waals surface area contributed by atoms with Crippen LogP contribution in [0.2, 0.25) is 0 Å². The van der Waals surface area contributed by atoms with Gasteiger partial charge in [-0.3, -0.25) is 4.18 Å². The predicted molar refractivity (Wildman–Crippen MR) is 154 cm³/mol. The molecule has 14 N–H and O–H groups in total. The molecule has 3 fully saturated rings. The van der Waals surface area contributed by atoms with Crippen molar-refractivity contribution < 1.29 is 62.2 Å². The molecule has 3 aliphatic rings. The number of aliphatic hydroxyl groups excluding tert-OH is 6. The van der Waals surface area contributed by atoms with E-state index < -0.39 is 108 Å². The Morgan fingerprint density at radius 2 is 1.25 bits per heavy atom. The second kappa shape index (κ2) is 17.0. The Morgan fingerprint density at radius 3 is 1.84 bits per heavy atom. The number of unbranched alkanes of at least 4 members (excludes halogenated alkanes) is 5. The molecule has 3 rings (SSSR count). The third kappa shape index (κ3) is 9.46. The van der Waals surface area contributed by atoms with Crippen LogP contribution in [0.15, 0.2) is 0 Å². The summed E-state index contributed by atoms with van der Waals surface area (Å²) in [7, 11) is -3.94. The predicted octanol–water partition coefficient (Wildman–Crippen LogP) is -4.58. The quantitative estimate of drug-likeness (QED) is 0.0584. The fraction of sp³-hybridized carbons (Fsp3) is 1.00. The summed E-state index contributed by atoms with van der Waals surface area (Å²) < 4.78 is 52.7. The zero-order valence-corrected chi connectivity index (χ0v) is 25.8. The molecule has 1 unspecified atom stereocenters. The van der Waals surface area contributed by atoms with Crippen molar-refractivity contribution in [1.82, 2.24) is 0 Å². The van der Waals surface area contributed by atoms with Crippen LogP contribution in [0.25, 0.3) is 0 Å². The first kappa shape index (κ1) is 37.8. The second-order valence-electron chi connectivity index (χ2n) is 11.9. The normalized spacial score (nSPS) is 43.7. The van der Waals surface area contributed by atoms with E-state index in [2.05, 4.69) is 6.92 Å². The number of ether oxygens (including phenoxy) is 4. The molecule has 260 valence electrons. The van der Waals surface area contributed by atoms with Crippen molar-refractivity contribution in [2.75, 3.05) is 18.9 Å². The molecule has 44 heavy (non-hydrogen) atoms. The molecular weight excluding hydrogens is 608 g/mol. The minimum Gasteiger partial charge on any atom is -0.389 e. The van der Waals surface area contributed by atoms with Crippen molar-refractivity contribution in [2.45, 2.75) is 144 Å². The van der Waals surface area contributed by atoms with Crippen molar-refractivity contribution in [3.8, 4) is 0 Å². The van der Waals surface area contributed by atoms with E-state index >= 15 is 0 Å². The molecule has 1 saturated carbocycles. The van der Waals surface area contributed by atoms with Gasteiger partial charge in [-0.1, -0.05) is 39.0 Å². The molecule has 0 aromatic carbocycles. The van der Waals surface area contributed by atoms with E-state index in [1.54, 1.807) is 0 Å². The van der Waals surface area contributed by atoms with Crippen molar-refractivity contribution in [2.24, 2.45) is 22.9 Å². The molecule has 2 heterocycles. The van der Waals surface area contributed by atoms with E-state index in [-0.39, 0.29) is 18.7 Å². The minimum atomic E-state index is -3.94. The van der Waals surface area contributed by atoms with E-state index in [1.165, 1.54) is 0 Å². The Morgan fingerprint density at radius 1 is 0.705 bits per heavy atom. The molecule has 0 aromatic heterocycles. The van der Waals surface area contributed by atoms with Crippen LogP contribution in [-0.4, -0.2) is 150 Å². The van der Waals surface area contributed by atoms with Gasteiger partial charge in [0.2, 0.25) is 0 Å². The molecule has 0 bridgehead atoms. The van der Waals surface area contributed by atoms with Crippen LogP contribution in [0, 0.1) is 0 Å². The summed E-state index contributed by atoms with van der Waals surface area (Å²) in [6, 6.07) is -3.13. The van der Waals surface area contributed by atoms with Gasteiger partial charge in [0.05, 0.1) is 18.4 Å². The number of rotatable bonds is 15. The molecule has 2 aliphatic heterocycles. The van der Waals surface area contributed by atoms with Crippen LogP contribution in [-0.2, 0) is 33.2 Å². The summed E-state index contributed by atoms with van der Waals surface area (Å²) in [5.74, 6) is -0.206. The second-order valence-corrected chi connectivity index (χ2v) is 13.7. The lowest BCUT2D eigenvalue weighted by atomic mass is 9.84.